The van der Waals surface area contributed by atoms with Gasteiger partial charge in [-0.1, -0.05) is 12.1 Å². The first kappa shape index (κ1) is 18.5. The first-order valence-electron chi connectivity index (χ1n) is 8.48. The fraction of sp³-hybridized carbons (Fsp3) is 0.444. The van der Waals surface area contributed by atoms with Crippen LogP contribution in [0.4, 0.5) is 4.39 Å². The van der Waals surface area contributed by atoms with Gasteiger partial charge in [-0.05, 0) is 56.1 Å². The van der Waals surface area contributed by atoms with Crippen LogP contribution in [0.1, 0.15) is 16.9 Å². The van der Waals surface area contributed by atoms with E-state index in [1.54, 1.807) is 10.4 Å². The molecule has 0 unspecified atom stereocenters. The Morgan fingerprint density at radius 2 is 1.72 bits per heavy atom. The van der Waals surface area contributed by atoms with Gasteiger partial charge < -0.3 is 4.90 Å². The molecule has 1 aromatic carbocycles. The predicted octanol–water partition coefficient (Wildman–Crippen LogP) is 3.13. The number of nitrogens with zero attached hydrogens (tertiary/aromatic N) is 2. The summed E-state index contributed by atoms with van der Waals surface area (Å²) in [5.41, 5.74) is 1.13. The largest absolute Gasteiger partial charge is 0.301 e. The topological polar surface area (TPSA) is 40.6 Å². The summed E-state index contributed by atoms with van der Waals surface area (Å²) in [6.45, 7) is 5.44. The van der Waals surface area contributed by atoms with Gasteiger partial charge in [0.1, 0.15) is 10.0 Å². The lowest BCUT2D eigenvalue weighted by atomic mass is 10.1. The number of piperazine rings is 1. The molecule has 0 N–H and O–H groups in total. The molecule has 2 aromatic rings. The lowest BCUT2D eigenvalue weighted by Crippen LogP contribution is -2.48. The standard InChI is InChI=1S/C18H23FN2O2S2/c1-15-4-9-18(24-15)25(22,23)21-13-11-20(12-14-21)10-2-3-16-5-7-17(19)8-6-16/h4-9H,2-3,10-14H2,1H3. The van der Waals surface area contributed by atoms with E-state index in [0.717, 1.165) is 42.9 Å². The van der Waals surface area contributed by atoms with Crippen LogP contribution in [0.5, 0.6) is 0 Å². The van der Waals surface area contributed by atoms with Gasteiger partial charge in [0, 0.05) is 31.1 Å². The molecule has 7 heteroatoms. The molecule has 0 atom stereocenters. The predicted molar refractivity (Wildman–Crippen MR) is 99.0 cm³/mol. The summed E-state index contributed by atoms with van der Waals surface area (Å²) in [4.78, 5) is 3.31. The van der Waals surface area contributed by atoms with Crippen molar-refractivity contribution in [2.45, 2.75) is 24.0 Å². The summed E-state index contributed by atoms with van der Waals surface area (Å²) in [6.07, 6.45) is 1.90. The Morgan fingerprint density at radius 1 is 1.04 bits per heavy atom. The van der Waals surface area contributed by atoms with Crippen molar-refractivity contribution in [1.29, 1.82) is 0 Å². The van der Waals surface area contributed by atoms with Crippen LogP contribution in [0.25, 0.3) is 0 Å². The molecule has 1 aliphatic rings. The van der Waals surface area contributed by atoms with Crippen LogP contribution in [0, 0.1) is 12.7 Å². The molecule has 0 saturated carbocycles. The Hall–Kier alpha value is -1.28. The molecule has 0 bridgehead atoms. The fourth-order valence-electron chi connectivity index (χ4n) is 3.03. The van der Waals surface area contributed by atoms with Crippen molar-refractivity contribution in [2.24, 2.45) is 0 Å². The molecule has 0 amide bonds. The molecule has 2 heterocycles. The highest BCUT2D eigenvalue weighted by atomic mass is 32.2. The molecule has 1 aromatic heterocycles. The maximum absolute atomic E-state index is 12.9. The number of thiophene rings is 1. The van der Waals surface area contributed by atoms with Crippen molar-refractivity contribution in [3.05, 3.63) is 52.7 Å². The Labute approximate surface area is 152 Å². The van der Waals surface area contributed by atoms with Gasteiger partial charge in [0.05, 0.1) is 0 Å². The molecule has 136 valence electrons. The van der Waals surface area contributed by atoms with Crippen LogP contribution in [0.3, 0.4) is 0 Å². The van der Waals surface area contributed by atoms with Crippen LogP contribution >= 0.6 is 11.3 Å². The minimum atomic E-state index is -3.34. The van der Waals surface area contributed by atoms with E-state index in [9.17, 15) is 12.8 Å². The Morgan fingerprint density at radius 3 is 2.32 bits per heavy atom. The van der Waals surface area contributed by atoms with Crippen LogP contribution < -0.4 is 0 Å². The maximum atomic E-state index is 12.9. The summed E-state index contributed by atoms with van der Waals surface area (Å²) in [5, 5.41) is 0. The fourth-order valence-corrected chi connectivity index (χ4v) is 5.89. The molecule has 1 saturated heterocycles. The molecule has 25 heavy (non-hydrogen) atoms. The summed E-state index contributed by atoms with van der Waals surface area (Å²) >= 11 is 1.33. The summed E-state index contributed by atoms with van der Waals surface area (Å²) in [5.74, 6) is -0.206. The van der Waals surface area contributed by atoms with E-state index in [2.05, 4.69) is 4.90 Å². The molecule has 0 spiro atoms. The minimum absolute atomic E-state index is 0.206. The van der Waals surface area contributed by atoms with Gasteiger partial charge in [0.2, 0.25) is 0 Å². The van der Waals surface area contributed by atoms with Crippen molar-refractivity contribution in [2.75, 3.05) is 32.7 Å². The van der Waals surface area contributed by atoms with Crippen molar-refractivity contribution < 1.29 is 12.8 Å². The van der Waals surface area contributed by atoms with E-state index < -0.39 is 10.0 Å². The summed E-state index contributed by atoms with van der Waals surface area (Å²) in [7, 11) is -3.34. The number of rotatable bonds is 6. The van der Waals surface area contributed by atoms with Gasteiger partial charge in [-0.2, -0.15) is 4.31 Å². The van der Waals surface area contributed by atoms with Gasteiger partial charge in [0.25, 0.3) is 10.0 Å². The average molecular weight is 383 g/mol. The average Bonchev–Trinajstić information content (AvgIpc) is 3.04. The van der Waals surface area contributed by atoms with Crippen LogP contribution in [0.2, 0.25) is 0 Å². The Bertz CT molecular complexity index is 795. The van der Waals surface area contributed by atoms with E-state index in [1.807, 2.05) is 25.1 Å². The Balaban J connectivity index is 1.46. The van der Waals surface area contributed by atoms with Gasteiger partial charge >= 0.3 is 0 Å². The zero-order valence-corrected chi connectivity index (χ0v) is 16.0. The number of sulfonamides is 1. The molecular weight excluding hydrogens is 359 g/mol. The Kier molecular flexibility index (Phi) is 5.89. The minimum Gasteiger partial charge on any atom is -0.301 e. The van der Waals surface area contributed by atoms with E-state index >= 15 is 0 Å². The third-order valence-corrected chi connectivity index (χ3v) is 7.86. The quantitative estimate of drug-likeness (QED) is 0.771. The third-order valence-electron chi connectivity index (χ3n) is 4.49. The van der Waals surface area contributed by atoms with E-state index in [4.69, 9.17) is 0 Å². The highest BCUT2D eigenvalue weighted by Crippen LogP contribution is 2.25. The van der Waals surface area contributed by atoms with Crippen molar-refractivity contribution in [1.82, 2.24) is 9.21 Å². The zero-order valence-electron chi connectivity index (χ0n) is 14.3. The molecule has 1 fully saturated rings. The second-order valence-corrected chi connectivity index (χ2v) is 9.79. The SMILES string of the molecule is Cc1ccc(S(=O)(=O)N2CCN(CCCc3ccc(F)cc3)CC2)s1. The second-order valence-electron chi connectivity index (χ2n) is 6.34. The monoisotopic (exact) mass is 382 g/mol. The highest BCUT2D eigenvalue weighted by molar-refractivity contribution is 7.91. The van der Waals surface area contributed by atoms with Gasteiger partial charge in [0.15, 0.2) is 0 Å². The smallest absolute Gasteiger partial charge is 0.252 e. The number of hydrogen-bond donors (Lipinski definition) is 0. The highest BCUT2D eigenvalue weighted by Gasteiger charge is 2.29. The van der Waals surface area contributed by atoms with Gasteiger partial charge in [-0.25, -0.2) is 12.8 Å². The molecule has 1 aliphatic heterocycles. The first-order valence-corrected chi connectivity index (χ1v) is 10.7. The van der Waals surface area contributed by atoms with Crippen LogP contribution in [0.15, 0.2) is 40.6 Å². The second kappa shape index (κ2) is 7.95. The zero-order chi connectivity index (χ0) is 17.9. The summed E-state index contributed by atoms with van der Waals surface area (Å²) in [6, 6.07) is 10.2. The van der Waals surface area contributed by atoms with E-state index in [0.29, 0.717) is 17.3 Å². The summed E-state index contributed by atoms with van der Waals surface area (Å²) < 4.78 is 40.2. The van der Waals surface area contributed by atoms with Crippen molar-refractivity contribution in [3.63, 3.8) is 0 Å². The normalized spacial score (nSPS) is 17.0. The van der Waals surface area contributed by atoms with E-state index in [-0.39, 0.29) is 5.82 Å². The molecule has 0 aliphatic carbocycles. The van der Waals surface area contributed by atoms with E-state index in [1.165, 1.54) is 23.5 Å². The van der Waals surface area contributed by atoms with Crippen molar-refractivity contribution >= 4 is 21.4 Å². The maximum Gasteiger partial charge on any atom is 0.252 e. The number of hydrogen-bond acceptors (Lipinski definition) is 4. The lowest BCUT2D eigenvalue weighted by Gasteiger charge is -2.33. The number of halogens is 1. The van der Waals surface area contributed by atoms with Crippen LogP contribution in [-0.2, 0) is 16.4 Å². The van der Waals surface area contributed by atoms with Crippen LogP contribution in [-0.4, -0.2) is 50.3 Å². The molecular formula is C18H23FN2O2S2. The first-order chi connectivity index (χ1) is 11.9. The molecule has 3 rings (SSSR count). The molecule has 4 nitrogen and oxygen atoms in total. The lowest BCUT2D eigenvalue weighted by molar-refractivity contribution is 0.187. The van der Waals surface area contributed by atoms with Gasteiger partial charge in [-0.3, -0.25) is 0 Å². The van der Waals surface area contributed by atoms with Crippen molar-refractivity contribution in [3.8, 4) is 0 Å². The number of aryl methyl sites for hydroxylation is 2. The third kappa shape index (κ3) is 4.67. The molecule has 0 radical (unpaired) electrons. The number of benzene rings is 1. The van der Waals surface area contributed by atoms with Gasteiger partial charge in [-0.15, -0.1) is 11.3 Å².